The lowest BCUT2D eigenvalue weighted by molar-refractivity contribution is 0.0529. The lowest BCUT2D eigenvalue weighted by atomic mass is 10.1. The zero-order valence-electron chi connectivity index (χ0n) is 11.0. The van der Waals surface area contributed by atoms with Gasteiger partial charge in [-0.3, -0.25) is 0 Å². The number of alkyl halides is 1. The molecule has 0 aliphatic carbocycles. The van der Waals surface area contributed by atoms with Crippen molar-refractivity contribution in [3.8, 4) is 0 Å². The van der Waals surface area contributed by atoms with Crippen LogP contribution >= 0.6 is 11.6 Å². The van der Waals surface area contributed by atoms with Crippen LogP contribution in [0.5, 0.6) is 0 Å². The number of nitrogens with zero attached hydrogens (tertiary/aromatic N) is 2. The van der Waals surface area contributed by atoms with Crippen LogP contribution in [0.25, 0.3) is 10.9 Å². The van der Waals surface area contributed by atoms with E-state index in [2.05, 4.69) is 24.0 Å². The van der Waals surface area contributed by atoms with Gasteiger partial charge in [0, 0.05) is 24.4 Å². The molecule has 0 spiro atoms. The number of para-hydroxylation sites is 1. The van der Waals surface area contributed by atoms with Crippen LogP contribution in [0.2, 0.25) is 0 Å². The second kappa shape index (κ2) is 5.35. The quantitative estimate of drug-likeness (QED) is 0.788. The Morgan fingerprint density at radius 1 is 1.42 bits per heavy atom. The van der Waals surface area contributed by atoms with Gasteiger partial charge in [0.25, 0.3) is 0 Å². The van der Waals surface area contributed by atoms with E-state index in [9.17, 15) is 0 Å². The summed E-state index contributed by atoms with van der Waals surface area (Å²) in [5.74, 6) is 1.51. The van der Waals surface area contributed by atoms with Crippen LogP contribution in [-0.4, -0.2) is 30.8 Å². The fraction of sp³-hybridized carbons (Fsp3) is 0.400. The number of ether oxygens (including phenoxy) is 1. The van der Waals surface area contributed by atoms with E-state index in [1.807, 2.05) is 18.2 Å². The number of hydrogen-bond acceptors (Lipinski definition) is 3. The van der Waals surface area contributed by atoms with Gasteiger partial charge in [-0.1, -0.05) is 18.2 Å². The molecule has 1 aromatic carbocycles. The molecule has 100 valence electrons. The van der Waals surface area contributed by atoms with Crippen LogP contribution in [0.15, 0.2) is 30.3 Å². The van der Waals surface area contributed by atoms with Gasteiger partial charge in [0.15, 0.2) is 0 Å². The van der Waals surface area contributed by atoms with E-state index in [1.165, 1.54) is 0 Å². The second-order valence-electron chi connectivity index (χ2n) is 4.92. The summed E-state index contributed by atoms with van der Waals surface area (Å²) in [6.07, 6.45) is 0.251. The lowest BCUT2D eigenvalue weighted by Gasteiger charge is -2.32. The smallest absolute Gasteiger partial charge is 0.129 e. The molecule has 1 aromatic heterocycles. The molecule has 0 saturated carbocycles. The Hall–Kier alpha value is -1.32. The Bertz CT molecular complexity index is 587. The van der Waals surface area contributed by atoms with Gasteiger partial charge in [-0.25, -0.2) is 4.98 Å². The monoisotopic (exact) mass is 276 g/mol. The van der Waals surface area contributed by atoms with Crippen molar-refractivity contribution in [2.75, 3.05) is 24.6 Å². The molecule has 2 heterocycles. The Kier molecular flexibility index (Phi) is 3.58. The SMILES string of the molecule is CC1CN(c2cc(CCl)c3ccccc3n2)CCO1. The van der Waals surface area contributed by atoms with Crippen molar-refractivity contribution in [3.63, 3.8) is 0 Å². The first kappa shape index (κ1) is 12.7. The zero-order valence-corrected chi connectivity index (χ0v) is 11.7. The molecule has 1 fully saturated rings. The van der Waals surface area contributed by atoms with E-state index in [-0.39, 0.29) is 6.10 Å². The number of aromatic nitrogens is 1. The van der Waals surface area contributed by atoms with Crippen molar-refractivity contribution in [3.05, 3.63) is 35.9 Å². The molecule has 0 amide bonds. The molecule has 3 nitrogen and oxygen atoms in total. The third-order valence-corrected chi connectivity index (χ3v) is 3.79. The average Bonchev–Trinajstić information content (AvgIpc) is 2.46. The van der Waals surface area contributed by atoms with Gasteiger partial charge >= 0.3 is 0 Å². The molecule has 1 aliphatic rings. The standard InChI is InChI=1S/C15H17ClN2O/c1-11-10-18(6-7-19-11)15-8-12(9-16)13-4-2-3-5-14(13)17-15/h2-5,8,11H,6-7,9-10H2,1H3. The molecule has 19 heavy (non-hydrogen) atoms. The first-order valence-corrected chi connectivity index (χ1v) is 7.12. The first-order chi connectivity index (χ1) is 9.28. The summed E-state index contributed by atoms with van der Waals surface area (Å²) in [6.45, 7) is 4.62. The lowest BCUT2D eigenvalue weighted by Crippen LogP contribution is -2.41. The number of fused-ring (bicyclic) bond motifs is 1. The molecule has 1 saturated heterocycles. The van der Waals surface area contributed by atoms with Crippen molar-refractivity contribution in [1.29, 1.82) is 0 Å². The largest absolute Gasteiger partial charge is 0.375 e. The third kappa shape index (κ3) is 2.53. The summed E-state index contributed by atoms with van der Waals surface area (Å²) in [4.78, 5) is 7.03. The predicted octanol–water partition coefficient (Wildman–Crippen LogP) is 3.20. The number of hydrogen-bond donors (Lipinski definition) is 0. The molecular formula is C15H17ClN2O. The van der Waals surface area contributed by atoms with Crippen LogP contribution in [0.4, 0.5) is 5.82 Å². The Morgan fingerprint density at radius 2 is 2.26 bits per heavy atom. The number of benzene rings is 1. The van der Waals surface area contributed by atoms with E-state index >= 15 is 0 Å². The fourth-order valence-corrected chi connectivity index (χ4v) is 2.75. The highest BCUT2D eigenvalue weighted by molar-refractivity contribution is 6.18. The van der Waals surface area contributed by atoms with Crippen LogP contribution in [0.3, 0.4) is 0 Å². The molecule has 2 aromatic rings. The normalized spacial score (nSPS) is 19.9. The topological polar surface area (TPSA) is 25.4 Å². The zero-order chi connectivity index (χ0) is 13.2. The second-order valence-corrected chi connectivity index (χ2v) is 5.19. The summed E-state index contributed by atoms with van der Waals surface area (Å²) in [6, 6.07) is 10.3. The molecule has 1 unspecified atom stereocenters. The number of rotatable bonds is 2. The van der Waals surface area contributed by atoms with E-state index in [4.69, 9.17) is 21.3 Å². The summed E-state index contributed by atoms with van der Waals surface area (Å²) in [7, 11) is 0. The predicted molar refractivity (Wildman–Crippen MR) is 78.9 cm³/mol. The Labute approximate surface area is 118 Å². The number of anilines is 1. The fourth-order valence-electron chi connectivity index (χ4n) is 2.53. The van der Waals surface area contributed by atoms with Crippen LogP contribution < -0.4 is 4.90 Å². The van der Waals surface area contributed by atoms with Gasteiger partial charge in [-0.2, -0.15) is 0 Å². The van der Waals surface area contributed by atoms with E-state index in [0.29, 0.717) is 5.88 Å². The van der Waals surface area contributed by atoms with Crippen LogP contribution in [0.1, 0.15) is 12.5 Å². The van der Waals surface area contributed by atoms with Gasteiger partial charge < -0.3 is 9.64 Å². The van der Waals surface area contributed by atoms with Crippen LogP contribution in [-0.2, 0) is 10.6 Å². The highest BCUT2D eigenvalue weighted by Crippen LogP contribution is 2.25. The van der Waals surface area contributed by atoms with Gasteiger partial charge in [0.2, 0.25) is 0 Å². The van der Waals surface area contributed by atoms with Gasteiger partial charge in [0.1, 0.15) is 5.82 Å². The average molecular weight is 277 g/mol. The summed E-state index contributed by atoms with van der Waals surface area (Å²) in [5.41, 5.74) is 2.15. The van der Waals surface area contributed by atoms with Crippen molar-refractivity contribution in [1.82, 2.24) is 4.98 Å². The third-order valence-electron chi connectivity index (χ3n) is 3.50. The minimum atomic E-state index is 0.251. The maximum Gasteiger partial charge on any atom is 0.129 e. The Balaban J connectivity index is 2.04. The molecule has 0 radical (unpaired) electrons. The van der Waals surface area contributed by atoms with Crippen molar-refractivity contribution in [2.24, 2.45) is 0 Å². The maximum atomic E-state index is 6.07. The molecule has 3 rings (SSSR count). The highest BCUT2D eigenvalue weighted by Gasteiger charge is 2.19. The van der Waals surface area contributed by atoms with E-state index in [1.54, 1.807) is 0 Å². The van der Waals surface area contributed by atoms with E-state index in [0.717, 1.165) is 42.0 Å². The maximum absolute atomic E-state index is 6.07. The van der Waals surface area contributed by atoms with Gasteiger partial charge in [-0.15, -0.1) is 11.6 Å². The highest BCUT2D eigenvalue weighted by atomic mass is 35.5. The van der Waals surface area contributed by atoms with Gasteiger partial charge in [-0.05, 0) is 24.6 Å². The molecule has 1 atom stereocenters. The molecule has 0 bridgehead atoms. The Morgan fingerprint density at radius 3 is 3.05 bits per heavy atom. The van der Waals surface area contributed by atoms with Crippen LogP contribution in [0, 0.1) is 0 Å². The summed E-state index contributed by atoms with van der Waals surface area (Å²) < 4.78 is 5.58. The summed E-state index contributed by atoms with van der Waals surface area (Å²) >= 11 is 6.07. The molecule has 4 heteroatoms. The molecule has 0 N–H and O–H groups in total. The number of pyridine rings is 1. The number of morpholine rings is 1. The minimum Gasteiger partial charge on any atom is -0.375 e. The molecular weight excluding hydrogens is 260 g/mol. The summed E-state index contributed by atoms with van der Waals surface area (Å²) in [5, 5.41) is 1.14. The molecule has 1 aliphatic heterocycles. The number of halogens is 1. The first-order valence-electron chi connectivity index (χ1n) is 6.59. The van der Waals surface area contributed by atoms with Crippen molar-refractivity contribution in [2.45, 2.75) is 18.9 Å². The van der Waals surface area contributed by atoms with Gasteiger partial charge in [0.05, 0.1) is 18.2 Å². The van der Waals surface area contributed by atoms with Crippen molar-refractivity contribution < 1.29 is 4.74 Å². The van der Waals surface area contributed by atoms with E-state index < -0.39 is 0 Å². The minimum absolute atomic E-state index is 0.251. The van der Waals surface area contributed by atoms with Crippen molar-refractivity contribution >= 4 is 28.3 Å².